The number of amides is 1. The van der Waals surface area contributed by atoms with Crippen LogP contribution >= 0.6 is 0 Å². The van der Waals surface area contributed by atoms with Gasteiger partial charge in [-0.3, -0.25) is 9.48 Å². The number of aromatic nitrogens is 2. The summed E-state index contributed by atoms with van der Waals surface area (Å²) in [6.45, 7) is 0.317. The van der Waals surface area contributed by atoms with Crippen LogP contribution in [-0.4, -0.2) is 49.2 Å². The Hall–Kier alpha value is -2.39. The number of hydrogen-bond donors (Lipinski definition) is 2. The van der Waals surface area contributed by atoms with Gasteiger partial charge in [0.2, 0.25) is 5.91 Å². The fourth-order valence-corrected chi connectivity index (χ4v) is 4.87. The molecule has 1 aliphatic carbocycles. The lowest BCUT2D eigenvalue weighted by Crippen LogP contribution is -2.23. The molecule has 1 saturated carbocycles. The van der Waals surface area contributed by atoms with E-state index in [0.717, 1.165) is 24.7 Å². The zero-order valence-corrected chi connectivity index (χ0v) is 18.2. The monoisotopic (exact) mass is 435 g/mol. The number of aliphatic hydroxyl groups excluding tert-OH is 1. The zero-order chi connectivity index (χ0) is 21.7. The van der Waals surface area contributed by atoms with E-state index in [-0.39, 0.29) is 23.2 Å². The van der Waals surface area contributed by atoms with Crippen molar-refractivity contribution >= 4 is 21.6 Å². The molecule has 1 atom stereocenters. The molecule has 1 aromatic heterocycles. The van der Waals surface area contributed by atoms with Gasteiger partial charge in [0.25, 0.3) is 0 Å². The molecular weight excluding hydrogens is 406 g/mol. The van der Waals surface area contributed by atoms with E-state index in [1.54, 1.807) is 29.1 Å². The number of nitrogens with one attached hydrogen (secondary N) is 1. The summed E-state index contributed by atoms with van der Waals surface area (Å²) in [5, 5.41) is 16.1. The van der Waals surface area contributed by atoms with Gasteiger partial charge in [0.1, 0.15) is 10.6 Å². The third kappa shape index (κ3) is 5.40. The molecule has 1 unspecified atom stereocenters. The molecule has 1 aromatic carbocycles. The molecule has 30 heavy (non-hydrogen) atoms. The lowest BCUT2D eigenvalue weighted by Gasteiger charge is -2.21. The summed E-state index contributed by atoms with van der Waals surface area (Å²) in [5.74, 6) is 0.480. The smallest absolute Gasteiger partial charge is 0.233 e. The van der Waals surface area contributed by atoms with Crippen LogP contribution in [0.15, 0.2) is 35.4 Å². The Morgan fingerprint density at radius 1 is 1.33 bits per heavy atom. The molecule has 0 saturated heterocycles. The number of hydrogen-bond acceptors (Lipinski definition) is 6. The van der Waals surface area contributed by atoms with Gasteiger partial charge in [0.05, 0.1) is 26.2 Å². The first-order valence-electron chi connectivity index (χ1n) is 10.1. The quantitative estimate of drug-likeness (QED) is 0.626. The number of nitrogens with zero attached hydrogens (tertiary/aromatic N) is 2. The Labute approximate surface area is 177 Å². The number of benzene rings is 1. The number of ether oxygens (including phenoxy) is 1. The van der Waals surface area contributed by atoms with Gasteiger partial charge in [-0.1, -0.05) is 31.7 Å². The maximum Gasteiger partial charge on any atom is 0.233 e. The van der Waals surface area contributed by atoms with E-state index >= 15 is 0 Å². The number of aliphatic hydroxyl groups is 1. The maximum atomic E-state index is 13.2. The largest absolute Gasteiger partial charge is 0.495 e. The second-order valence-corrected chi connectivity index (χ2v) is 9.78. The average molecular weight is 436 g/mol. The fourth-order valence-electron chi connectivity index (χ4n) is 4.05. The molecule has 3 rings (SSSR count). The van der Waals surface area contributed by atoms with Crippen molar-refractivity contribution in [2.24, 2.45) is 5.92 Å². The number of methoxy groups -OCH3 is 1. The van der Waals surface area contributed by atoms with E-state index in [2.05, 4.69) is 10.4 Å². The van der Waals surface area contributed by atoms with Crippen LogP contribution in [0.25, 0.3) is 0 Å². The summed E-state index contributed by atoms with van der Waals surface area (Å²) < 4.78 is 30.9. The van der Waals surface area contributed by atoms with Gasteiger partial charge in [0.15, 0.2) is 15.7 Å². The van der Waals surface area contributed by atoms with Crippen molar-refractivity contribution in [3.63, 3.8) is 0 Å². The predicted molar refractivity (Wildman–Crippen MR) is 113 cm³/mol. The van der Waals surface area contributed by atoms with Crippen LogP contribution < -0.4 is 10.1 Å². The van der Waals surface area contributed by atoms with E-state index in [0.29, 0.717) is 24.7 Å². The molecular formula is C21H29N3O5S. The summed E-state index contributed by atoms with van der Waals surface area (Å²) >= 11 is 0. The van der Waals surface area contributed by atoms with Gasteiger partial charge in [0, 0.05) is 18.5 Å². The number of sulfone groups is 1. The summed E-state index contributed by atoms with van der Waals surface area (Å²) in [5.41, 5.74) is 0.721. The predicted octanol–water partition coefficient (Wildman–Crippen LogP) is 2.59. The van der Waals surface area contributed by atoms with Gasteiger partial charge < -0.3 is 15.2 Å². The second-order valence-electron chi connectivity index (χ2n) is 7.80. The van der Waals surface area contributed by atoms with Crippen LogP contribution in [0.3, 0.4) is 0 Å². The van der Waals surface area contributed by atoms with Crippen molar-refractivity contribution in [1.82, 2.24) is 9.78 Å². The van der Waals surface area contributed by atoms with Crippen molar-refractivity contribution in [2.75, 3.05) is 25.3 Å². The molecule has 1 fully saturated rings. The highest BCUT2D eigenvalue weighted by Gasteiger charge is 2.28. The molecule has 0 bridgehead atoms. The molecule has 1 amide bonds. The highest BCUT2D eigenvalue weighted by molar-refractivity contribution is 7.90. The standard InChI is InChI=1S/C21H29N3O5S/c1-29-18-14-16(7-8-19(18)30(2,27)28)17(13-15-5-3-4-6-15)21(26)22-20-9-10-24(23-20)11-12-25/h7-10,14-15,17,25H,3-6,11-13H2,1-2H3,(H,22,23,26). The fraction of sp³-hybridized carbons (Fsp3) is 0.524. The van der Waals surface area contributed by atoms with E-state index in [1.807, 2.05) is 0 Å². The second kappa shape index (κ2) is 9.61. The van der Waals surface area contributed by atoms with Crippen LogP contribution in [0.1, 0.15) is 43.6 Å². The van der Waals surface area contributed by atoms with Crippen molar-refractivity contribution in [3.8, 4) is 5.75 Å². The van der Waals surface area contributed by atoms with E-state index < -0.39 is 15.8 Å². The highest BCUT2D eigenvalue weighted by Crippen LogP contribution is 2.37. The lowest BCUT2D eigenvalue weighted by molar-refractivity contribution is -0.118. The summed E-state index contributed by atoms with van der Waals surface area (Å²) in [6, 6.07) is 6.55. The Morgan fingerprint density at radius 3 is 2.70 bits per heavy atom. The average Bonchev–Trinajstić information content (AvgIpc) is 3.37. The van der Waals surface area contributed by atoms with Crippen molar-refractivity contribution < 1.29 is 23.1 Å². The zero-order valence-electron chi connectivity index (χ0n) is 17.4. The number of rotatable bonds is 9. The lowest BCUT2D eigenvalue weighted by atomic mass is 9.87. The molecule has 164 valence electrons. The van der Waals surface area contributed by atoms with Gasteiger partial charge >= 0.3 is 0 Å². The van der Waals surface area contributed by atoms with Crippen LogP contribution in [0, 0.1) is 5.92 Å². The Bertz CT molecular complexity index is 980. The topological polar surface area (TPSA) is 111 Å². The number of carbonyl (C=O) groups is 1. The molecule has 9 heteroatoms. The third-order valence-corrected chi connectivity index (χ3v) is 6.71. The number of anilines is 1. The van der Waals surface area contributed by atoms with Crippen molar-refractivity contribution in [2.45, 2.75) is 49.5 Å². The van der Waals surface area contributed by atoms with Gasteiger partial charge in [-0.2, -0.15) is 5.10 Å². The minimum absolute atomic E-state index is 0.0359. The van der Waals surface area contributed by atoms with Crippen molar-refractivity contribution in [1.29, 1.82) is 0 Å². The van der Waals surface area contributed by atoms with Gasteiger partial charge in [-0.25, -0.2) is 8.42 Å². The van der Waals surface area contributed by atoms with E-state index in [4.69, 9.17) is 9.84 Å². The molecule has 2 aromatic rings. The van der Waals surface area contributed by atoms with Crippen molar-refractivity contribution in [3.05, 3.63) is 36.0 Å². The Kier molecular flexibility index (Phi) is 7.14. The van der Waals surface area contributed by atoms with Crippen LogP contribution in [0.5, 0.6) is 5.75 Å². The van der Waals surface area contributed by atoms with Gasteiger partial charge in [-0.15, -0.1) is 0 Å². The molecule has 2 N–H and O–H groups in total. The Balaban J connectivity index is 1.88. The maximum absolute atomic E-state index is 13.2. The minimum Gasteiger partial charge on any atom is -0.495 e. The summed E-state index contributed by atoms with van der Waals surface area (Å²) in [7, 11) is -2.02. The summed E-state index contributed by atoms with van der Waals surface area (Å²) in [6.07, 6.45) is 8.03. The molecule has 1 aliphatic rings. The number of carbonyl (C=O) groups excluding carboxylic acids is 1. The highest BCUT2D eigenvalue weighted by atomic mass is 32.2. The molecule has 1 heterocycles. The van der Waals surface area contributed by atoms with Gasteiger partial charge in [-0.05, 0) is 30.0 Å². The van der Waals surface area contributed by atoms with E-state index in [9.17, 15) is 13.2 Å². The molecule has 0 aliphatic heterocycles. The normalized spacial score (nSPS) is 15.8. The van der Waals surface area contributed by atoms with E-state index in [1.165, 1.54) is 26.0 Å². The minimum atomic E-state index is -3.44. The van der Waals surface area contributed by atoms with Crippen LogP contribution in [0.4, 0.5) is 5.82 Å². The molecule has 0 spiro atoms. The SMILES string of the molecule is COc1cc(C(CC2CCCC2)C(=O)Nc2ccn(CCO)n2)ccc1S(C)(=O)=O. The first-order valence-corrected chi connectivity index (χ1v) is 12.0. The third-order valence-electron chi connectivity index (χ3n) is 5.57. The Morgan fingerprint density at radius 2 is 2.07 bits per heavy atom. The van der Waals surface area contributed by atoms with Crippen LogP contribution in [-0.2, 0) is 21.2 Å². The van der Waals surface area contributed by atoms with Crippen LogP contribution in [0.2, 0.25) is 0 Å². The molecule has 8 nitrogen and oxygen atoms in total. The first kappa shape index (κ1) is 22.3. The molecule has 0 radical (unpaired) electrons. The summed E-state index contributed by atoms with van der Waals surface area (Å²) in [4.78, 5) is 13.3. The first-order chi connectivity index (χ1) is 14.3.